The zero-order valence-electron chi connectivity index (χ0n) is 11.8. The molecule has 0 spiro atoms. The minimum atomic E-state index is 0.115. The zero-order chi connectivity index (χ0) is 13.7. The van der Waals surface area contributed by atoms with Crippen molar-refractivity contribution in [1.29, 1.82) is 0 Å². The van der Waals surface area contributed by atoms with Crippen LogP contribution in [0.15, 0.2) is 24.3 Å². The lowest BCUT2D eigenvalue weighted by Crippen LogP contribution is -2.32. The van der Waals surface area contributed by atoms with Gasteiger partial charge in [0.25, 0.3) is 0 Å². The Morgan fingerprint density at radius 2 is 2.32 bits per heavy atom. The molecule has 2 N–H and O–H groups in total. The number of carbonyl (C=O) groups is 1. The van der Waals surface area contributed by atoms with Crippen LogP contribution in [0.2, 0.25) is 0 Å². The zero-order valence-corrected chi connectivity index (χ0v) is 11.8. The van der Waals surface area contributed by atoms with Crippen LogP contribution < -0.4 is 15.5 Å². The highest BCUT2D eigenvalue weighted by Crippen LogP contribution is 2.19. The van der Waals surface area contributed by atoms with E-state index in [-0.39, 0.29) is 5.91 Å². The third-order valence-corrected chi connectivity index (χ3v) is 3.52. The molecule has 1 fully saturated rings. The molecule has 0 aliphatic carbocycles. The Bertz CT molecular complexity index is 425. The predicted octanol–water partition coefficient (Wildman–Crippen LogP) is 2.08. The molecule has 0 radical (unpaired) electrons. The third-order valence-electron chi connectivity index (χ3n) is 3.52. The van der Waals surface area contributed by atoms with Crippen LogP contribution in [0, 0.1) is 5.92 Å². The largest absolute Gasteiger partial charge is 0.378 e. The van der Waals surface area contributed by atoms with E-state index in [2.05, 4.69) is 10.6 Å². The summed E-state index contributed by atoms with van der Waals surface area (Å²) in [7, 11) is 3.99. The second-order valence-corrected chi connectivity index (χ2v) is 5.41. The van der Waals surface area contributed by atoms with Gasteiger partial charge < -0.3 is 15.5 Å². The van der Waals surface area contributed by atoms with Crippen molar-refractivity contribution < 1.29 is 4.79 Å². The molecule has 1 unspecified atom stereocenters. The Morgan fingerprint density at radius 1 is 1.47 bits per heavy atom. The normalized spacial score (nSPS) is 18.9. The lowest BCUT2D eigenvalue weighted by atomic mass is 9.96. The molecule has 0 aromatic heterocycles. The van der Waals surface area contributed by atoms with E-state index < -0.39 is 0 Å². The molecule has 1 atom stereocenters. The summed E-state index contributed by atoms with van der Waals surface area (Å²) < 4.78 is 0. The molecule has 2 rings (SSSR count). The number of hydrogen-bond acceptors (Lipinski definition) is 3. The van der Waals surface area contributed by atoms with E-state index in [1.807, 2.05) is 43.3 Å². The first-order valence-corrected chi connectivity index (χ1v) is 6.93. The smallest absolute Gasteiger partial charge is 0.224 e. The van der Waals surface area contributed by atoms with Crippen LogP contribution in [0.3, 0.4) is 0 Å². The Hall–Kier alpha value is -1.55. The minimum Gasteiger partial charge on any atom is -0.378 e. The van der Waals surface area contributed by atoms with E-state index in [1.165, 1.54) is 6.42 Å². The molecular weight excluding hydrogens is 238 g/mol. The lowest BCUT2D eigenvalue weighted by molar-refractivity contribution is -0.117. The first kappa shape index (κ1) is 13.9. The molecule has 1 aromatic rings. The van der Waals surface area contributed by atoms with Gasteiger partial charge in [-0.15, -0.1) is 0 Å². The first-order chi connectivity index (χ1) is 9.15. The molecule has 1 heterocycles. The van der Waals surface area contributed by atoms with Crippen molar-refractivity contribution in [2.75, 3.05) is 37.4 Å². The highest BCUT2D eigenvalue weighted by Gasteiger charge is 2.16. The summed E-state index contributed by atoms with van der Waals surface area (Å²) in [6.07, 6.45) is 2.94. The molecule has 4 heteroatoms. The Morgan fingerprint density at radius 3 is 3.00 bits per heavy atom. The summed E-state index contributed by atoms with van der Waals surface area (Å²) in [5.74, 6) is 0.593. The molecule has 4 nitrogen and oxygen atoms in total. The number of piperidine rings is 1. The number of hydrogen-bond donors (Lipinski definition) is 2. The topological polar surface area (TPSA) is 44.4 Å². The van der Waals surface area contributed by atoms with E-state index in [0.29, 0.717) is 12.3 Å². The van der Waals surface area contributed by atoms with E-state index in [0.717, 1.165) is 30.9 Å². The Labute approximate surface area is 115 Å². The van der Waals surface area contributed by atoms with E-state index in [4.69, 9.17) is 0 Å². The summed E-state index contributed by atoms with van der Waals surface area (Å²) in [6, 6.07) is 7.93. The van der Waals surface area contributed by atoms with Crippen molar-refractivity contribution in [3.8, 4) is 0 Å². The van der Waals surface area contributed by atoms with E-state index in [1.54, 1.807) is 0 Å². The van der Waals surface area contributed by atoms with Gasteiger partial charge in [-0.1, -0.05) is 6.07 Å². The van der Waals surface area contributed by atoms with Gasteiger partial charge in [-0.2, -0.15) is 0 Å². The number of carbonyl (C=O) groups excluding carboxylic acids is 1. The van der Waals surface area contributed by atoms with Crippen molar-refractivity contribution in [2.24, 2.45) is 5.92 Å². The fourth-order valence-electron chi connectivity index (χ4n) is 2.43. The van der Waals surface area contributed by atoms with Crippen LogP contribution in [0.4, 0.5) is 11.4 Å². The number of rotatable bonds is 4. The van der Waals surface area contributed by atoms with Crippen LogP contribution in [-0.2, 0) is 4.79 Å². The van der Waals surface area contributed by atoms with Crippen molar-refractivity contribution >= 4 is 17.3 Å². The van der Waals surface area contributed by atoms with Crippen LogP contribution in [-0.4, -0.2) is 33.1 Å². The first-order valence-electron chi connectivity index (χ1n) is 6.93. The number of nitrogens with one attached hydrogen (secondary N) is 2. The van der Waals surface area contributed by atoms with Crippen LogP contribution in [0.25, 0.3) is 0 Å². The highest BCUT2D eigenvalue weighted by molar-refractivity contribution is 5.91. The standard InChI is InChI=1S/C15H23N3O/c1-18(2)14-7-3-6-13(10-14)17-15(19)9-12-5-4-8-16-11-12/h3,6-7,10,12,16H,4-5,8-9,11H2,1-2H3,(H,17,19). The number of amides is 1. The van der Waals surface area contributed by atoms with Crippen molar-refractivity contribution in [2.45, 2.75) is 19.3 Å². The summed E-state index contributed by atoms with van der Waals surface area (Å²) >= 11 is 0. The Balaban J connectivity index is 1.89. The molecular formula is C15H23N3O. The average molecular weight is 261 g/mol. The summed E-state index contributed by atoms with van der Waals surface area (Å²) in [5.41, 5.74) is 1.97. The number of anilines is 2. The Kier molecular flexibility index (Phi) is 4.80. The minimum absolute atomic E-state index is 0.115. The van der Waals surface area contributed by atoms with Crippen LogP contribution >= 0.6 is 0 Å². The molecule has 1 aliphatic heterocycles. The molecule has 1 aromatic carbocycles. The lowest BCUT2D eigenvalue weighted by Gasteiger charge is -2.22. The SMILES string of the molecule is CN(C)c1cccc(NC(=O)CC2CCCNC2)c1. The van der Waals surface area contributed by atoms with E-state index >= 15 is 0 Å². The highest BCUT2D eigenvalue weighted by atomic mass is 16.1. The summed E-state index contributed by atoms with van der Waals surface area (Å²) in [5, 5.41) is 6.33. The monoisotopic (exact) mass is 261 g/mol. The summed E-state index contributed by atoms with van der Waals surface area (Å²) in [4.78, 5) is 14.0. The molecule has 0 saturated carbocycles. The number of benzene rings is 1. The van der Waals surface area contributed by atoms with Gasteiger partial charge >= 0.3 is 0 Å². The molecule has 1 aliphatic rings. The van der Waals surface area contributed by atoms with Gasteiger partial charge in [0.15, 0.2) is 0 Å². The molecule has 104 valence electrons. The van der Waals surface area contributed by atoms with Gasteiger partial charge in [-0.05, 0) is 50.0 Å². The van der Waals surface area contributed by atoms with Gasteiger partial charge in [0.2, 0.25) is 5.91 Å². The van der Waals surface area contributed by atoms with Crippen molar-refractivity contribution in [1.82, 2.24) is 5.32 Å². The van der Waals surface area contributed by atoms with Crippen LogP contribution in [0.5, 0.6) is 0 Å². The van der Waals surface area contributed by atoms with Gasteiger partial charge in [-0.25, -0.2) is 0 Å². The van der Waals surface area contributed by atoms with Gasteiger partial charge in [-0.3, -0.25) is 4.79 Å². The molecule has 1 saturated heterocycles. The van der Waals surface area contributed by atoms with Crippen LogP contribution in [0.1, 0.15) is 19.3 Å². The fourth-order valence-corrected chi connectivity index (χ4v) is 2.43. The second-order valence-electron chi connectivity index (χ2n) is 5.41. The molecule has 1 amide bonds. The van der Waals surface area contributed by atoms with Gasteiger partial charge in [0.1, 0.15) is 0 Å². The van der Waals surface area contributed by atoms with Crippen molar-refractivity contribution in [3.05, 3.63) is 24.3 Å². The molecule has 19 heavy (non-hydrogen) atoms. The predicted molar refractivity (Wildman–Crippen MR) is 79.6 cm³/mol. The maximum atomic E-state index is 12.0. The summed E-state index contributed by atoms with van der Waals surface area (Å²) in [6.45, 7) is 2.05. The van der Waals surface area contributed by atoms with Gasteiger partial charge in [0, 0.05) is 31.9 Å². The fraction of sp³-hybridized carbons (Fsp3) is 0.533. The van der Waals surface area contributed by atoms with Gasteiger partial charge in [0.05, 0.1) is 0 Å². The third kappa shape index (κ3) is 4.24. The second kappa shape index (κ2) is 6.57. The molecule has 0 bridgehead atoms. The van der Waals surface area contributed by atoms with E-state index in [9.17, 15) is 4.79 Å². The average Bonchev–Trinajstić information content (AvgIpc) is 2.40. The maximum absolute atomic E-state index is 12.0. The number of nitrogens with zero attached hydrogens (tertiary/aromatic N) is 1. The quantitative estimate of drug-likeness (QED) is 0.872. The maximum Gasteiger partial charge on any atom is 0.224 e. The van der Waals surface area contributed by atoms with Crippen molar-refractivity contribution in [3.63, 3.8) is 0 Å².